The van der Waals surface area contributed by atoms with Crippen molar-refractivity contribution in [3.63, 3.8) is 0 Å². The third-order valence-corrected chi connectivity index (χ3v) is 6.48. The second-order valence-corrected chi connectivity index (χ2v) is 9.23. The number of carbonyl (C=O) groups excluding carboxylic acids is 1. The van der Waals surface area contributed by atoms with Crippen molar-refractivity contribution in [2.75, 3.05) is 5.32 Å². The molecular weight excluding hydrogens is 455 g/mol. The fraction of sp³-hybridized carbons (Fsp3) is 0.417. The van der Waals surface area contributed by atoms with E-state index < -0.39 is 17.6 Å². The summed E-state index contributed by atoms with van der Waals surface area (Å²) >= 11 is 5.86. The highest BCUT2D eigenvalue weighted by Gasteiger charge is 2.40. The van der Waals surface area contributed by atoms with Crippen LogP contribution in [0.4, 0.5) is 18.9 Å². The maximum Gasteiger partial charge on any atom is 0.395 e. The monoisotopic (exact) mass is 479 g/mol. The summed E-state index contributed by atoms with van der Waals surface area (Å²) in [5, 5.41) is 3.43. The largest absolute Gasteiger partial charge is 0.490 e. The van der Waals surface area contributed by atoms with Gasteiger partial charge >= 0.3 is 6.18 Å². The number of rotatable bonds is 5. The van der Waals surface area contributed by atoms with Gasteiger partial charge in [-0.3, -0.25) is 9.78 Å². The molecule has 1 atom stereocenters. The molecule has 2 aromatic rings. The van der Waals surface area contributed by atoms with E-state index in [-0.39, 0.29) is 24.9 Å². The molecule has 0 aliphatic heterocycles. The molecule has 1 amide bonds. The maximum absolute atomic E-state index is 13.1. The Labute approximate surface area is 195 Å². The van der Waals surface area contributed by atoms with E-state index in [9.17, 15) is 18.0 Å². The lowest BCUT2D eigenvalue weighted by Crippen LogP contribution is -2.47. The number of halogens is 4. The zero-order valence-electron chi connectivity index (χ0n) is 17.9. The molecule has 5 nitrogen and oxygen atoms in total. The van der Waals surface area contributed by atoms with Gasteiger partial charge in [0.05, 0.1) is 17.7 Å². The molecule has 9 heteroatoms. The summed E-state index contributed by atoms with van der Waals surface area (Å²) in [4.78, 5) is 16.6. The lowest BCUT2D eigenvalue weighted by molar-refractivity contribution is -0.161. The third-order valence-electron chi connectivity index (χ3n) is 6.22. The van der Waals surface area contributed by atoms with Gasteiger partial charge in [-0.1, -0.05) is 23.8 Å². The molecule has 1 aromatic carbocycles. The van der Waals surface area contributed by atoms with Crippen LogP contribution in [0.25, 0.3) is 6.08 Å². The Bertz CT molecular complexity index is 1030. The predicted molar refractivity (Wildman–Crippen MR) is 121 cm³/mol. The molecule has 1 unspecified atom stereocenters. The lowest BCUT2D eigenvalue weighted by atomic mass is 9.78. The van der Waals surface area contributed by atoms with Gasteiger partial charge in [-0.15, -0.1) is 0 Å². The number of nitrogens with two attached hydrogens (primary N) is 1. The molecule has 1 heterocycles. The van der Waals surface area contributed by atoms with Crippen molar-refractivity contribution in [2.45, 2.75) is 56.3 Å². The summed E-state index contributed by atoms with van der Waals surface area (Å²) in [5.41, 5.74) is 7.52. The Hall–Kier alpha value is -2.58. The number of hydrogen-bond donors (Lipinski definition) is 2. The Kier molecular flexibility index (Phi) is 6.68. The SMILES string of the molecule is NC1(CC(=O)Nc2ccc(Cl)cc2)CCC(Oc2ccnc3c2C=CC(C(F)(F)F)C3)CC1. The summed E-state index contributed by atoms with van der Waals surface area (Å²) < 4.78 is 45.3. The molecule has 0 bridgehead atoms. The van der Waals surface area contributed by atoms with E-state index in [0.29, 0.717) is 53.4 Å². The Morgan fingerprint density at radius 2 is 1.91 bits per heavy atom. The van der Waals surface area contributed by atoms with Crippen molar-refractivity contribution >= 4 is 29.3 Å². The number of allylic oxidation sites excluding steroid dienone is 1. The lowest BCUT2D eigenvalue weighted by Gasteiger charge is -2.37. The quantitative estimate of drug-likeness (QED) is 0.591. The van der Waals surface area contributed by atoms with Crippen LogP contribution in [-0.4, -0.2) is 28.7 Å². The standard InChI is InChI=1S/C24H25ClF3N3O2/c25-16-2-4-17(5-3-16)31-22(32)14-23(29)10-7-18(8-11-23)33-21-9-12-30-20-13-15(24(26,27)28)1-6-19(20)21/h1-6,9,12,15,18H,7-8,10-11,13-14,29H2,(H,31,32). The third kappa shape index (κ3) is 5.86. The van der Waals surface area contributed by atoms with Crippen molar-refractivity contribution in [1.29, 1.82) is 0 Å². The summed E-state index contributed by atoms with van der Waals surface area (Å²) in [6.07, 6.45) is 2.20. The first-order valence-corrected chi connectivity index (χ1v) is 11.2. The van der Waals surface area contributed by atoms with E-state index in [1.807, 2.05) is 0 Å². The number of fused-ring (bicyclic) bond motifs is 1. The highest BCUT2D eigenvalue weighted by molar-refractivity contribution is 6.30. The van der Waals surface area contributed by atoms with Gasteiger partial charge in [0.1, 0.15) is 5.75 Å². The molecule has 0 spiro atoms. The fourth-order valence-electron chi connectivity index (χ4n) is 4.35. The van der Waals surface area contributed by atoms with Crippen LogP contribution in [0.3, 0.4) is 0 Å². The number of aromatic nitrogens is 1. The molecule has 1 fully saturated rings. The minimum atomic E-state index is -4.29. The molecule has 176 valence electrons. The van der Waals surface area contributed by atoms with E-state index in [1.54, 1.807) is 30.3 Å². The highest BCUT2D eigenvalue weighted by atomic mass is 35.5. The van der Waals surface area contributed by atoms with Crippen molar-refractivity contribution < 1.29 is 22.7 Å². The topological polar surface area (TPSA) is 77.2 Å². The minimum absolute atomic E-state index is 0.124. The second kappa shape index (κ2) is 9.35. The molecule has 1 aromatic heterocycles. The Balaban J connectivity index is 1.33. The van der Waals surface area contributed by atoms with Gasteiger partial charge in [-0.2, -0.15) is 13.2 Å². The molecule has 2 aliphatic carbocycles. The van der Waals surface area contributed by atoms with Crippen molar-refractivity contribution in [3.05, 3.63) is 58.9 Å². The maximum atomic E-state index is 13.1. The zero-order chi connectivity index (χ0) is 23.6. The average Bonchev–Trinajstić information content (AvgIpc) is 2.76. The van der Waals surface area contributed by atoms with Crippen molar-refractivity contribution in [1.82, 2.24) is 4.98 Å². The van der Waals surface area contributed by atoms with Gasteiger partial charge in [0.15, 0.2) is 0 Å². The van der Waals surface area contributed by atoms with Gasteiger partial charge in [0.25, 0.3) is 0 Å². The van der Waals surface area contributed by atoms with Gasteiger partial charge in [-0.05, 0) is 56.0 Å². The second-order valence-electron chi connectivity index (χ2n) is 8.79. The van der Waals surface area contributed by atoms with E-state index in [4.69, 9.17) is 22.1 Å². The molecule has 33 heavy (non-hydrogen) atoms. The fourth-order valence-corrected chi connectivity index (χ4v) is 4.48. The number of nitrogens with zero attached hydrogens (tertiary/aromatic N) is 1. The number of ether oxygens (including phenoxy) is 1. The van der Waals surface area contributed by atoms with Gasteiger partial charge < -0.3 is 15.8 Å². The number of alkyl halides is 3. The molecule has 3 N–H and O–H groups in total. The van der Waals surface area contributed by atoms with Crippen LogP contribution in [-0.2, 0) is 11.2 Å². The number of carbonyl (C=O) groups is 1. The number of benzene rings is 1. The number of amides is 1. The molecule has 0 saturated heterocycles. The van der Waals surface area contributed by atoms with Crippen LogP contribution >= 0.6 is 11.6 Å². The normalized spacial score (nSPS) is 24.8. The molecule has 0 radical (unpaired) electrons. The van der Waals surface area contributed by atoms with Crippen LogP contribution in [0, 0.1) is 5.92 Å². The highest BCUT2D eigenvalue weighted by Crippen LogP contribution is 2.38. The Morgan fingerprint density at radius 1 is 1.21 bits per heavy atom. The number of anilines is 1. The summed E-state index contributed by atoms with van der Waals surface area (Å²) in [6.45, 7) is 0. The van der Waals surface area contributed by atoms with Crippen molar-refractivity contribution in [2.24, 2.45) is 11.7 Å². The van der Waals surface area contributed by atoms with Crippen LogP contribution in [0.5, 0.6) is 5.75 Å². The minimum Gasteiger partial charge on any atom is -0.490 e. The predicted octanol–water partition coefficient (Wildman–Crippen LogP) is 5.53. The average molecular weight is 480 g/mol. The van der Waals surface area contributed by atoms with Crippen LogP contribution < -0.4 is 15.8 Å². The Morgan fingerprint density at radius 3 is 2.58 bits per heavy atom. The van der Waals surface area contributed by atoms with E-state index in [0.717, 1.165) is 0 Å². The van der Waals surface area contributed by atoms with E-state index in [1.165, 1.54) is 18.3 Å². The first-order valence-electron chi connectivity index (χ1n) is 10.9. The first kappa shape index (κ1) is 23.6. The zero-order valence-corrected chi connectivity index (χ0v) is 18.6. The first-order chi connectivity index (χ1) is 15.6. The van der Waals surface area contributed by atoms with Crippen molar-refractivity contribution in [3.8, 4) is 5.75 Å². The van der Waals surface area contributed by atoms with Crippen LogP contribution in [0.1, 0.15) is 43.4 Å². The number of hydrogen-bond acceptors (Lipinski definition) is 4. The smallest absolute Gasteiger partial charge is 0.395 e. The molecule has 4 rings (SSSR count). The summed E-state index contributed by atoms with van der Waals surface area (Å²) in [6, 6.07) is 8.55. The van der Waals surface area contributed by atoms with Crippen LogP contribution in [0.2, 0.25) is 5.02 Å². The van der Waals surface area contributed by atoms with Gasteiger partial charge in [0, 0.05) is 40.9 Å². The molecule has 1 saturated carbocycles. The van der Waals surface area contributed by atoms with E-state index >= 15 is 0 Å². The summed E-state index contributed by atoms with van der Waals surface area (Å²) in [5.74, 6) is -1.15. The number of nitrogens with one attached hydrogen (secondary N) is 1. The van der Waals surface area contributed by atoms with Gasteiger partial charge in [0.2, 0.25) is 5.91 Å². The molecular formula is C24H25ClF3N3O2. The van der Waals surface area contributed by atoms with E-state index in [2.05, 4.69) is 10.3 Å². The summed E-state index contributed by atoms with van der Waals surface area (Å²) in [7, 11) is 0. The van der Waals surface area contributed by atoms with Crippen LogP contribution in [0.15, 0.2) is 42.6 Å². The molecule has 2 aliphatic rings. The van der Waals surface area contributed by atoms with Gasteiger partial charge in [-0.25, -0.2) is 0 Å². The number of pyridine rings is 1.